The number of nitrogens with one attached hydrogen (secondary N) is 1. The number of halogens is 1. The molecule has 2 aromatic rings. The molecule has 1 saturated heterocycles. The van der Waals surface area contributed by atoms with E-state index in [-0.39, 0.29) is 6.79 Å². The van der Waals surface area contributed by atoms with Crippen molar-refractivity contribution in [1.82, 2.24) is 10.4 Å². The smallest absolute Gasteiger partial charge is 0.267 e. The van der Waals surface area contributed by atoms with E-state index in [0.29, 0.717) is 10.8 Å². The number of nitrogens with zero attached hydrogens (tertiary/aromatic N) is 2. The molecule has 1 fully saturated rings. The zero-order valence-electron chi connectivity index (χ0n) is 15.8. The lowest BCUT2D eigenvalue weighted by Crippen LogP contribution is -2.46. The van der Waals surface area contributed by atoms with Gasteiger partial charge in [-0.3, -0.25) is 14.9 Å². The monoisotopic (exact) mass is 415 g/mol. The van der Waals surface area contributed by atoms with Crippen LogP contribution in [0.4, 0.5) is 5.69 Å². The topological polar surface area (TPSA) is 74.3 Å². The lowest BCUT2D eigenvalue weighted by Gasteiger charge is -2.37. The Balaban J connectivity index is 1.40. The number of amides is 1. The highest BCUT2D eigenvalue weighted by atomic mass is 35.5. The minimum absolute atomic E-state index is 0.238. The van der Waals surface area contributed by atoms with Gasteiger partial charge >= 0.3 is 0 Å². The third kappa shape index (κ3) is 4.48. The number of carbonyl (C=O) groups excluding carboxylic acids is 1. The van der Waals surface area contributed by atoms with E-state index in [0.717, 1.165) is 55.3 Å². The first-order valence-electron chi connectivity index (χ1n) is 9.40. The molecule has 0 atom stereocenters. The summed E-state index contributed by atoms with van der Waals surface area (Å²) in [7, 11) is 0. The van der Waals surface area contributed by atoms with Crippen molar-refractivity contribution in [3.63, 3.8) is 0 Å². The molecule has 2 aromatic carbocycles. The Labute approximate surface area is 174 Å². The minimum Gasteiger partial charge on any atom is -0.454 e. The highest BCUT2D eigenvalue weighted by molar-refractivity contribution is 6.31. The highest BCUT2D eigenvalue weighted by Gasteiger charge is 2.22. The van der Waals surface area contributed by atoms with Crippen molar-refractivity contribution in [3.8, 4) is 11.5 Å². The van der Waals surface area contributed by atoms with Crippen LogP contribution in [0.1, 0.15) is 11.1 Å². The molecule has 7 nitrogen and oxygen atoms in total. The van der Waals surface area contributed by atoms with Crippen LogP contribution in [0.3, 0.4) is 0 Å². The predicted octanol–water partition coefficient (Wildman–Crippen LogP) is 2.91. The normalized spacial score (nSPS) is 16.4. The van der Waals surface area contributed by atoms with Crippen molar-refractivity contribution in [2.24, 2.45) is 0 Å². The first kappa shape index (κ1) is 19.6. The van der Waals surface area contributed by atoms with Gasteiger partial charge in [-0.1, -0.05) is 29.8 Å². The van der Waals surface area contributed by atoms with E-state index >= 15 is 0 Å². The van der Waals surface area contributed by atoms with Crippen LogP contribution in [0.5, 0.6) is 11.5 Å². The molecule has 0 bridgehead atoms. The molecule has 29 heavy (non-hydrogen) atoms. The third-order valence-electron chi connectivity index (χ3n) is 5.11. The molecule has 2 N–H and O–H groups in total. The maximum Gasteiger partial charge on any atom is 0.267 e. The maximum absolute atomic E-state index is 11.3. The zero-order valence-corrected chi connectivity index (χ0v) is 16.6. The quantitative estimate of drug-likeness (QED) is 0.444. The Morgan fingerprint density at radius 1 is 1.14 bits per heavy atom. The van der Waals surface area contributed by atoms with Gasteiger partial charge in [-0.15, -0.1) is 0 Å². The van der Waals surface area contributed by atoms with Gasteiger partial charge in [0, 0.05) is 55.6 Å². The molecule has 0 spiro atoms. The van der Waals surface area contributed by atoms with Gasteiger partial charge in [0.1, 0.15) is 0 Å². The summed E-state index contributed by atoms with van der Waals surface area (Å²) in [6.07, 6.45) is 3.02. The average Bonchev–Trinajstić information content (AvgIpc) is 3.20. The summed E-state index contributed by atoms with van der Waals surface area (Å²) in [6, 6.07) is 11.7. The van der Waals surface area contributed by atoms with Crippen molar-refractivity contribution < 1.29 is 19.5 Å². The fourth-order valence-electron chi connectivity index (χ4n) is 3.59. The van der Waals surface area contributed by atoms with Crippen molar-refractivity contribution in [2.45, 2.75) is 6.54 Å². The van der Waals surface area contributed by atoms with E-state index in [1.165, 1.54) is 6.08 Å². The van der Waals surface area contributed by atoms with Gasteiger partial charge in [-0.25, -0.2) is 5.48 Å². The van der Waals surface area contributed by atoms with E-state index in [1.54, 1.807) is 11.6 Å². The lowest BCUT2D eigenvalue weighted by atomic mass is 10.1. The summed E-state index contributed by atoms with van der Waals surface area (Å²) in [5, 5.41) is 9.35. The fraction of sp³-hybridized carbons (Fsp3) is 0.286. The number of carbonyl (C=O) groups is 1. The second-order valence-corrected chi connectivity index (χ2v) is 7.34. The zero-order chi connectivity index (χ0) is 20.2. The van der Waals surface area contributed by atoms with Crippen LogP contribution in [-0.4, -0.2) is 49.0 Å². The van der Waals surface area contributed by atoms with Crippen LogP contribution in [0, 0.1) is 0 Å². The third-order valence-corrected chi connectivity index (χ3v) is 5.46. The highest BCUT2D eigenvalue weighted by Crippen LogP contribution is 2.37. The number of fused-ring (bicyclic) bond motifs is 1. The van der Waals surface area contributed by atoms with Gasteiger partial charge in [-0.05, 0) is 29.3 Å². The van der Waals surface area contributed by atoms with Crippen LogP contribution >= 0.6 is 11.6 Å². The SMILES string of the molecule is O=C(C=Cc1ccccc1N1CCN(Cc2cc3c(cc2Cl)OCO3)CC1)NO. The number of piperazine rings is 1. The Morgan fingerprint density at radius 2 is 1.86 bits per heavy atom. The molecule has 2 aliphatic heterocycles. The lowest BCUT2D eigenvalue weighted by molar-refractivity contribution is -0.124. The predicted molar refractivity (Wildman–Crippen MR) is 110 cm³/mol. The average molecular weight is 416 g/mol. The summed E-state index contributed by atoms with van der Waals surface area (Å²) in [5.41, 5.74) is 4.64. The second kappa shape index (κ2) is 8.73. The number of ether oxygens (including phenoxy) is 2. The fourth-order valence-corrected chi connectivity index (χ4v) is 3.80. The molecule has 0 aromatic heterocycles. The molecule has 0 radical (unpaired) electrons. The van der Waals surface area contributed by atoms with Crippen molar-refractivity contribution >= 4 is 29.3 Å². The molecular weight excluding hydrogens is 394 g/mol. The molecule has 2 heterocycles. The van der Waals surface area contributed by atoms with Gasteiger partial charge in [0.05, 0.1) is 0 Å². The van der Waals surface area contributed by atoms with E-state index in [1.807, 2.05) is 36.4 Å². The van der Waals surface area contributed by atoms with Crippen LogP contribution in [0.15, 0.2) is 42.5 Å². The van der Waals surface area contributed by atoms with Crippen LogP contribution in [0.2, 0.25) is 5.02 Å². The Morgan fingerprint density at radius 3 is 2.62 bits per heavy atom. The van der Waals surface area contributed by atoms with Crippen molar-refractivity contribution in [3.05, 3.63) is 58.6 Å². The number of anilines is 1. The van der Waals surface area contributed by atoms with Crippen LogP contribution in [-0.2, 0) is 11.3 Å². The molecule has 2 aliphatic rings. The van der Waals surface area contributed by atoms with Crippen molar-refractivity contribution in [1.29, 1.82) is 0 Å². The number of benzene rings is 2. The first-order chi connectivity index (χ1) is 14.1. The number of hydroxylamine groups is 1. The van der Waals surface area contributed by atoms with Crippen molar-refractivity contribution in [2.75, 3.05) is 37.9 Å². The van der Waals surface area contributed by atoms with E-state index in [2.05, 4.69) is 9.80 Å². The van der Waals surface area contributed by atoms with Crippen LogP contribution < -0.4 is 19.9 Å². The standard InChI is InChI=1S/C21H22ClN3O4/c22-17-12-20-19(28-14-29-20)11-16(17)13-24-7-9-25(10-8-24)18-4-2-1-3-15(18)5-6-21(26)23-27/h1-6,11-12,27H,7-10,13-14H2,(H,23,26). The summed E-state index contributed by atoms with van der Waals surface area (Å²) < 4.78 is 10.8. The number of rotatable bonds is 5. The number of para-hydroxylation sites is 1. The molecular formula is C21H22ClN3O4. The van der Waals surface area contributed by atoms with Gasteiger partial charge in [0.25, 0.3) is 5.91 Å². The Hall–Kier alpha value is -2.74. The van der Waals surface area contributed by atoms with Gasteiger partial charge in [0.15, 0.2) is 11.5 Å². The van der Waals surface area contributed by atoms with Crippen LogP contribution in [0.25, 0.3) is 6.08 Å². The summed E-state index contributed by atoms with van der Waals surface area (Å²) in [5.74, 6) is 0.893. The molecule has 8 heteroatoms. The molecule has 1 amide bonds. The largest absolute Gasteiger partial charge is 0.454 e. The van der Waals surface area contributed by atoms with Gasteiger partial charge < -0.3 is 14.4 Å². The summed E-state index contributed by atoms with van der Waals surface area (Å²) >= 11 is 6.41. The Bertz CT molecular complexity index is 926. The summed E-state index contributed by atoms with van der Waals surface area (Å²) in [4.78, 5) is 16.0. The van der Waals surface area contributed by atoms with Gasteiger partial charge in [0.2, 0.25) is 6.79 Å². The summed E-state index contributed by atoms with van der Waals surface area (Å²) in [6.45, 7) is 4.49. The second-order valence-electron chi connectivity index (χ2n) is 6.93. The number of hydrogen-bond acceptors (Lipinski definition) is 6. The molecule has 0 aliphatic carbocycles. The molecule has 0 saturated carbocycles. The molecule has 0 unspecified atom stereocenters. The first-order valence-corrected chi connectivity index (χ1v) is 9.78. The number of hydrogen-bond donors (Lipinski definition) is 2. The Kier molecular flexibility index (Phi) is 5.89. The van der Waals surface area contributed by atoms with E-state index < -0.39 is 5.91 Å². The van der Waals surface area contributed by atoms with Gasteiger partial charge in [-0.2, -0.15) is 0 Å². The van der Waals surface area contributed by atoms with E-state index in [9.17, 15) is 4.79 Å². The van der Waals surface area contributed by atoms with E-state index in [4.69, 9.17) is 26.3 Å². The maximum atomic E-state index is 11.3. The molecule has 152 valence electrons. The minimum atomic E-state index is -0.551. The molecule has 4 rings (SSSR count).